The van der Waals surface area contributed by atoms with Crippen LogP contribution >= 0.6 is 0 Å². The van der Waals surface area contributed by atoms with Gasteiger partial charge in [-0.2, -0.15) is 13.2 Å². The van der Waals surface area contributed by atoms with Crippen molar-refractivity contribution >= 4 is 5.69 Å². The number of alkyl halides is 3. The highest BCUT2D eigenvalue weighted by molar-refractivity contribution is 5.58. The highest BCUT2D eigenvalue weighted by atomic mass is 19.4. The van der Waals surface area contributed by atoms with E-state index in [1.54, 1.807) is 24.3 Å². The first kappa shape index (κ1) is 15.7. The van der Waals surface area contributed by atoms with E-state index in [2.05, 4.69) is 0 Å². The van der Waals surface area contributed by atoms with E-state index >= 15 is 0 Å². The Kier molecular flexibility index (Phi) is 3.54. The van der Waals surface area contributed by atoms with Gasteiger partial charge in [0.05, 0.1) is 0 Å². The monoisotopic (exact) mass is 321 g/mol. The number of nitrogen functional groups attached to an aromatic ring is 1. The number of hydrogen-bond acceptors (Lipinski definition) is 2. The van der Waals surface area contributed by atoms with E-state index in [9.17, 15) is 13.2 Å². The molecule has 0 radical (unpaired) electrons. The van der Waals surface area contributed by atoms with E-state index in [0.29, 0.717) is 11.3 Å². The van der Waals surface area contributed by atoms with Crippen LogP contribution in [-0.4, -0.2) is 6.18 Å². The highest BCUT2D eigenvalue weighted by Crippen LogP contribution is 2.52. The molecule has 1 aliphatic rings. The number of rotatable bonds is 2. The molecule has 2 aromatic rings. The van der Waals surface area contributed by atoms with E-state index in [4.69, 9.17) is 10.5 Å². The molecule has 1 aliphatic heterocycles. The van der Waals surface area contributed by atoms with Crippen molar-refractivity contribution in [3.8, 4) is 5.75 Å². The Balaban J connectivity index is 2.09. The number of ether oxygens (including phenoxy) is 1. The van der Waals surface area contributed by atoms with Crippen LogP contribution in [0.4, 0.5) is 18.9 Å². The third kappa shape index (κ3) is 2.44. The average Bonchev–Trinajstić information content (AvgIpc) is 2.89. The van der Waals surface area contributed by atoms with Crippen molar-refractivity contribution in [1.82, 2.24) is 0 Å². The van der Waals surface area contributed by atoms with E-state index in [1.165, 1.54) is 18.2 Å². The lowest BCUT2D eigenvalue weighted by atomic mass is 9.86. The SMILES string of the molecule is CC(C)c1ccc([C@@]2(C(F)(F)F)Cc3c(N)cccc3O2)cc1. The van der Waals surface area contributed by atoms with Gasteiger partial charge in [0.15, 0.2) is 0 Å². The summed E-state index contributed by atoms with van der Waals surface area (Å²) in [7, 11) is 0. The maximum Gasteiger partial charge on any atom is 0.432 e. The fourth-order valence-corrected chi connectivity index (χ4v) is 2.96. The molecule has 1 atom stereocenters. The van der Waals surface area contributed by atoms with Gasteiger partial charge in [0, 0.05) is 23.2 Å². The minimum Gasteiger partial charge on any atom is -0.472 e. The molecule has 0 spiro atoms. The molecule has 1 heterocycles. The Hall–Kier alpha value is -2.17. The summed E-state index contributed by atoms with van der Waals surface area (Å²) in [6, 6.07) is 11.2. The van der Waals surface area contributed by atoms with Crippen molar-refractivity contribution in [3.05, 3.63) is 59.2 Å². The van der Waals surface area contributed by atoms with Gasteiger partial charge in [-0.3, -0.25) is 0 Å². The van der Waals surface area contributed by atoms with Crippen LogP contribution in [0.5, 0.6) is 5.75 Å². The lowest BCUT2D eigenvalue weighted by Gasteiger charge is -2.31. The summed E-state index contributed by atoms with van der Waals surface area (Å²) in [5.74, 6) is 0.457. The van der Waals surface area contributed by atoms with Crippen molar-refractivity contribution in [3.63, 3.8) is 0 Å². The topological polar surface area (TPSA) is 35.2 Å². The van der Waals surface area contributed by atoms with Crippen molar-refractivity contribution < 1.29 is 17.9 Å². The summed E-state index contributed by atoms with van der Waals surface area (Å²) in [5.41, 5.74) is 5.29. The van der Waals surface area contributed by atoms with Crippen LogP contribution < -0.4 is 10.5 Å². The first-order valence-corrected chi connectivity index (χ1v) is 7.48. The highest BCUT2D eigenvalue weighted by Gasteiger charge is 2.61. The van der Waals surface area contributed by atoms with Gasteiger partial charge in [-0.05, 0) is 23.6 Å². The zero-order chi connectivity index (χ0) is 16.8. The van der Waals surface area contributed by atoms with Gasteiger partial charge in [0.25, 0.3) is 0 Å². The molecule has 0 unspecified atom stereocenters. The maximum absolute atomic E-state index is 13.9. The lowest BCUT2D eigenvalue weighted by molar-refractivity contribution is -0.248. The van der Waals surface area contributed by atoms with Gasteiger partial charge in [-0.1, -0.05) is 44.2 Å². The predicted octanol–water partition coefficient (Wildman–Crippen LogP) is 4.78. The zero-order valence-electron chi connectivity index (χ0n) is 12.9. The van der Waals surface area contributed by atoms with Crippen LogP contribution in [0.3, 0.4) is 0 Å². The molecule has 0 aliphatic carbocycles. The van der Waals surface area contributed by atoms with Crippen LogP contribution in [-0.2, 0) is 12.0 Å². The second-order valence-electron chi connectivity index (χ2n) is 6.20. The Morgan fingerprint density at radius 1 is 1.09 bits per heavy atom. The van der Waals surface area contributed by atoms with Crippen molar-refractivity contribution in [2.24, 2.45) is 0 Å². The number of halogens is 3. The molecule has 23 heavy (non-hydrogen) atoms. The zero-order valence-corrected chi connectivity index (χ0v) is 12.9. The standard InChI is InChI=1S/C18H18F3NO/c1-11(2)12-6-8-13(9-7-12)17(18(19,20)21)10-14-15(22)4-3-5-16(14)23-17/h3-9,11H,10,22H2,1-2H3/t17-/m1/s1. The van der Waals surface area contributed by atoms with Gasteiger partial charge in [-0.15, -0.1) is 0 Å². The summed E-state index contributed by atoms with van der Waals surface area (Å²) < 4.78 is 47.1. The number of fused-ring (bicyclic) bond motifs is 1. The Labute approximate surface area is 133 Å². The molecule has 0 saturated heterocycles. The molecule has 0 bridgehead atoms. The molecule has 2 aromatic carbocycles. The molecule has 0 amide bonds. The van der Waals surface area contributed by atoms with Gasteiger partial charge in [0.2, 0.25) is 5.60 Å². The average molecular weight is 321 g/mol. The molecule has 0 fully saturated rings. The number of benzene rings is 2. The molecule has 2 N–H and O–H groups in total. The van der Waals surface area contributed by atoms with Crippen LogP contribution in [0.15, 0.2) is 42.5 Å². The lowest BCUT2D eigenvalue weighted by Crippen LogP contribution is -2.46. The molecule has 0 saturated carbocycles. The van der Waals surface area contributed by atoms with Crippen LogP contribution in [0.25, 0.3) is 0 Å². The molecular weight excluding hydrogens is 303 g/mol. The first-order chi connectivity index (χ1) is 10.7. The number of hydrogen-bond donors (Lipinski definition) is 1. The first-order valence-electron chi connectivity index (χ1n) is 7.48. The van der Waals surface area contributed by atoms with Gasteiger partial charge in [0.1, 0.15) is 5.75 Å². The van der Waals surface area contributed by atoms with Gasteiger partial charge < -0.3 is 10.5 Å². The second kappa shape index (κ2) is 5.18. The summed E-state index contributed by atoms with van der Waals surface area (Å²) in [6.45, 7) is 3.99. The Bertz CT molecular complexity index is 722. The molecular formula is C18H18F3NO. The van der Waals surface area contributed by atoms with Gasteiger partial charge >= 0.3 is 6.18 Å². The minimum atomic E-state index is -4.54. The van der Waals surface area contributed by atoms with Crippen LogP contribution in [0.1, 0.15) is 36.5 Å². The molecule has 5 heteroatoms. The van der Waals surface area contributed by atoms with Crippen LogP contribution in [0, 0.1) is 0 Å². The Morgan fingerprint density at radius 3 is 2.26 bits per heavy atom. The van der Waals surface area contributed by atoms with E-state index in [1.807, 2.05) is 13.8 Å². The van der Waals surface area contributed by atoms with Crippen molar-refractivity contribution in [2.45, 2.75) is 38.0 Å². The minimum absolute atomic E-state index is 0.102. The van der Waals surface area contributed by atoms with E-state index < -0.39 is 11.8 Å². The summed E-state index contributed by atoms with van der Waals surface area (Å²) in [4.78, 5) is 0. The predicted molar refractivity (Wildman–Crippen MR) is 83.5 cm³/mol. The van der Waals surface area contributed by atoms with Crippen molar-refractivity contribution in [1.29, 1.82) is 0 Å². The van der Waals surface area contributed by atoms with E-state index in [-0.39, 0.29) is 23.7 Å². The van der Waals surface area contributed by atoms with E-state index in [0.717, 1.165) is 5.56 Å². The third-order valence-corrected chi connectivity index (χ3v) is 4.38. The summed E-state index contributed by atoms with van der Waals surface area (Å²) in [6.07, 6.45) is -4.85. The smallest absolute Gasteiger partial charge is 0.432 e. The number of anilines is 1. The maximum atomic E-state index is 13.9. The fraction of sp³-hybridized carbons (Fsp3) is 0.333. The summed E-state index contributed by atoms with van der Waals surface area (Å²) in [5, 5.41) is 0. The third-order valence-electron chi connectivity index (χ3n) is 4.38. The fourth-order valence-electron chi connectivity index (χ4n) is 2.96. The second-order valence-corrected chi connectivity index (χ2v) is 6.20. The van der Waals surface area contributed by atoms with Crippen LogP contribution in [0.2, 0.25) is 0 Å². The molecule has 3 rings (SSSR count). The summed E-state index contributed by atoms with van der Waals surface area (Å²) >= 11 is 0. The normalized spacial score (nSPS) is 20.4. The molecule has 2 nitrogen and oxygen atoms in total. The molecule has 0 aromatic heterocycles. The van der Waals surface area contributed by atoms with Crippen molar-refractivity contribution in [2.75, 3.05) is 5.73 Å². The molecule has 122 valence electrons. The number of nitrogens with two attached hydrogens (primary N) is 1. The Morgan fingerprint density at radius 2 is 1.74 bits per heavy atom. The largest absolute Gasteiger partial charge is 0.472 e. The van der Waals surface area contributed by atoms with Gasteiger partial charge in [-0.25, -0.2) is 0 Å². The quantitative estimate of drug-likeness (QED) is 0.808.